The van der Waals surface area contributed by atoms with Crippen LogP contribution >= 0.6 is 23.5 Å². The Morgan fingerprint density at radius 2 is 1.76 bits per heavy atom. The van der Waals surface area contributed by atoms with E-state index in [1.54, 1.807) is 0 Å². The highest BCUT2D eigenvalue weighted by atomic mass is 31.3. The van der Waals surface area contributed by atoms with Crippen molar-refractivity contribution >= 4 is 29.3 Å². The van der Waals surface area contributed by atoms with E-state index in [0.717, 1.165) is 0 Å². The average Bonchev–Trinajstić information content (AvgIpc) is 2.81. The largest absolute Gasteiger partial charge is 0.492 e. The van der Waals surface area contributed by atoms with E-state index in [2.05, 4.69) is 22.4 Å². The number of hydrogen-bond donors (Lipinski definition) is 5. The first-order valence-corrected chi connectivity index (χ1v) is 11.8. The number of nitrogen functional groups attached to an aromatic ring is 1. The third-order valence-corrected chi connectivity index (χ3v) is 8.92. The molecule has 20 heteroatoms. The Bertz CT molecular complexity index is 989. The first kappa shape index (κ1) is 22.6. The second kappa shape index (κ2) is 7.57. The maximum atomic E-state index is 13.6. The van der Waals surface area contributed by atoms with Crippen molar-refractivity contribution in [1.82, 2.24) is 9.55 Å². The Morgan fingerprint density at radius 3 is 2.34 bits per heavy atom. The minimum Gasteiger partial charge on any atom is -0.387 e. The van der Waals surface area contributed by atoms with Gasteiger partial charge in [0.25, 0.3) is 0 Å². The van der Waals surface area contributed by atoms with Crippen LogP contribution in [0.1, 0.15) is 6.23 Å². The van der Waals surface area contributed by atoms with E-state index in [1.807, 2.05) is 0 Å². The molecule has 0 aromatic carbocycles. The molecule has 0 radical (unpaired) electrons. The highest BCUT2D eigenvalue weighted by Crippen LogP contribution is 2.80. The molecule has 1 aromatic rings. The molecule has 2 fully saturated rings. The van der Waals surface area contributed by atoms with Crippen LogP contribution in [0, 0.1) is 5.82 Å². The first-order chi connectivity index (χ1) is 13.2. The predicted octanol–water partition coefficient (Wildman–Crippen LogP) is -1.03. The highest BCUT2D eigenvalue weighted by Gasteiger charge is 2.55. The number of ether oxygens (including phenoxy) is 1. The number of aromatic nitrogens is 2. The summed E-state index contributed by atoms with van der Waals surface area (Å²) in [5, 5.41) is 20.1. The molecule has 0 amide bonds. The molecule has 2 saturated heterocycles. The van der Waals surface area contributed by atoms with Gasteiger partial charge in [0.2, 0.25) is 0 Å². The summed E-state index contributed by atoms with van der Waals surface area (Å²) in [5.74, 6) is -1.84. The van der Waals surface area contributed by atoms with E-state index >= 15 is 0 Å². The first-order valence-electron chi connectivity index (χ1n) is 7.32. The summed E-state index contributed by atoms with van der Waals surface area (Å²) in [6.45, 7) is -0.994. The van der Waals surface area contributed by atoms with Gasteiger partial charge in [-0.3, -0.25) is 9.09 Å². The number of phosphoric acid groups is 3. The smallest absolute Gasteiger partial charge is 0.387 e. The SMILES string of the molecule is Nc1nc(=O)n([C@@H]2O[C@H](COP3(=O)OP(=O)(O)OP(=O)(O)O3)C(O)[C@@H]2O)cc1F. The van der Waals surface area contributed by atoms with Crippen LogP contribution in [0.2, 0.25) is 0 Å². The molecule has 3 heterocycles. The zero-order valence-electron chi connectivity index (χ0n) is 13.7. The average molecular weight is 483 g/mol. The second-order valence-corrected chi connectivity index (χ2v) is 10.6. The van der Waals surface area contributed by atoms with Gasteiger partial charge < -0.3 is 30.5 Å². The van der Waals surface area contributed by atoms with E-state index in [-0.39, 0.29) is 0 Å². The van der Waals surface area contributed by atoms with Gasteiger partial charge in [0.1, 0.15) is 18.3 Å². The summed E-state index contributed by atoms with van der Waals surface area (Å²) in [5.41, 5.74) is 4.01. The molecule has 3 rings (SSSR count). The summed E-state index contributed by atoms with van der Waals surface area (Å²) in [6, 6.07) is 0. The molecule has 0 saturated carbocycles. The molecule has 3 unspecified atom stereocenters. The molecule has 0 spiro atoms. The van der Waals surface area contributed by atoms with E-state index in [4.69, 9.17) is 20.3 Å². The van der Waals surface area contributed by atoms with Gasteiger partial charge in [-0.2, -0.15) is 17.9 Å². The van der Waals surface area contributed by atoms with Crippen LogP contribution in [0.3, 0.4) is 0 Å². The minimum atomic E-state index is -5.28. The number of anilines is 1. The minimum absolute atomic E-state index is 0.479. The Hall–Kier alpha value is -1.06. The number of nitrogens with two attached hydrogens (primary N) is 1. The van der Waals surface area contributed by atoms with Crippen LogP contribution in [0.25, 0.3) is 0 Å². The van der Waals surface area contributed by atoms with Crippen molar-refractivity contribution in [3.8, 4) is 0 Å². The summed E-state index contributed by atoms with van der Waals surface area (Å²) in [7, 11) is -15.7. The van der Waals surface area contributed by atoms with Crippen molar-refractivity contribution in [3.05, 3.63) is 22.5 Å². The van der Waals surface area contributed by atoms with Gasteiger partial charge in [0.05, 0.1) is 12.8 Å². The van der Waals surface area contributed by atoms with E-state index < -0.39 is 71.9 Å². The molecule has 29 heavy (non-hydrogen) atoms. The lowest BCUT2D eigenvalue weighted by molar-refractivity contribution is -0.0548. The van der Waals surface area contributed by atoms with Gasteiger partial charge in [-0.25, -0.2) is 22.9 Å². The van der Waals surface area contributed by atoms with Crippen molar-refractivity contribution in [2.24, 2.45) is 0 Å². The molecular formula is C9H13FN3O13P3. The third kappa shape index (κ3) is 4.82. The predicted molar refractivity (Wildman–Crippen MR) is 85.3 cm³/mol. The number of nitrogens with zero attached hydrogens (tertiary/aromatic N) is 2. The number of hydrogen-bond acceptors (Lipinski definition) is 13. The van der Waals surface area contributed by atoms with E-state index in [1.165, 1.54) is 0 Å². The Morgan fingerprint density at radius 1 is 1.17 bits per heavy atom. The highest BCUT2D eigenvalue weighted by molar-refractivity contribution is 7.74. The van der Waals surface area contributed by atoms with Gasteiger partial charge in [-0.15, -0.1) is 0 Å². The number of aliphatic hydroxyl groups excluding tert-OH is 2. The molecule has 1 aromatic heterocycles. The van der Waals surface area contributed by atoms with Crippen LogP contribution in [0.15, 0.2) is 11.0 Å². The van der Waals surface area contributed by atoms with E-state index in [0.29, 0.717) is 10.8 Å². The van der Waals surface area contributed by atoms with Crippen molar-refractivity contribution < 1.29 is 60.3 Å². The van der Waals surface area contributed by atoms with Gasteiger partial charge in [-0.05, 0) is 0 Å². The Balaban J connectivity index is 1.76. The summed E-state index contributed by atoms with van der Waals surface area (Å²) >= 11 is 0. The van der Waals surface area contributed by atoms with Crippen LogP contribution in [-0.4, -0.2) is 54.5 Å². The maximum Gasteiger partial charge on any atom is 0.492 e. The van der Waals surface area contributed by atoms with Gasteiger partial charge in [0.15, 0.2) is 17.9 Å². The van der Waals surface area contributed by atoms with Crippen LogP contribution < -0.4 is 11.4 Å². The molecule has 2 aliphatic rings. The summed E-state index contributed by atoms with van der Waals surface area (Å²) in [4.78, 5) is 33.3. The summed E-state index contributed by atoms with van der Waals surface area (Å²) < 4.78 is 70.3. The monoisotopic (exact) mass is 483 g/mol. The number of halogens is 1. The zero-order valence-corrected chi connectivity index (χ0v) is 16.4. The topological polar surface area (TPSA) is 239 Å². The molecule has 0 aliphatic carbocycles. The third-order valence-electron chi connectivity index (χ3n) is 3.56. The lowest BCUT2D eigenvalue weighted by Crippen LogP contribution is -2.36. The molecule has 0 bridgehead atoms. The Labute approximate surface area is 159 Å². The molecule has 6 atom stereocenters. The quantitative estimate of drug-likeness (QED) is 0.322. The van der Waals surface area contributed by atoms with E-state index in [9.17, 15) is 33.1 Å². The van der Waals surface area contributed by atoms with Crippen molar-refractivity contribution in [2.45, 2.75) is 24.5 Å². The van der Waals surface area contributed by atoms with Crippen LogP contribution in [-0.2, 0) is 35.9 Å². The molecular weight excluding hydrogens is 470 g/mol. The van der Waals surface area contributed by atoms with Crippen molar-refractivity contribution in [1.29, 1.82) is 0 Å². The molecule has 164 valence electrons. The second-order valence-electron chi connectivity index (χ2n) is 5.64. The number of rotatable bonds is 4. The molecule has 6 N–H and O–H groups in total. The van der Waals surface area contributed by atoms with Crippen molar-refractivity contribution in [3.63, 3.8) is 0 Å². The van der Waals surface area contributed by atoms with Gasteiger partial charge in [-0.1, -0.05) is 0 Å². The van der Waals surface area contributed by atoms with Crippen LogP contribution in [0.4, 0.5) is 10.2 Å². The lowest BCUT2D eigenvalue weighted by Gasteiger charge is -2.27. The standard InChI is InChI=1S/C9H13FN3O13P3/c10-3-1-13(9(16)12-7(3)11)8-6(15)5(14)4(23-8)2-22-29(21)25-27(17,18)24-28(19,20)26-29/h1,4-6,8,14-15H,2H2,(H,17,18)(H,19,20)(H2,11,12,16)/t4-,5?,6+,8-/m1/s1. The lowest BCUT2D eigenvalue weighted by atomic mass is 10.1. The van der Waals surface area contributed by atoms with Crippen LogP contribution in [0.5, 0.6) is 0 Å². The fourth-order valence-corrected chi connectivity index (χ4v) is 7.31. The van der Waals surface area contributed by atoms with Gasteiger partial charge in [0, 0.05) is 0 Å². The summed E-state index contributed by atoms with van der Waals surface area (Å²) in [6.07, 6.45) is -6.36. The zero-order chi connectivity index (χ0) is 21.8. The van der Waals surface area contributed by atoms with Gasteiger partial charge >= 0.3 is 29.2 Å². The molecule has 2 aliphatic heterocycles. The molecule has 16 nitrogen and oxygen atoms in total. The maximum absolute atomic E-state index is 13.6. The normalized spacial score (nSPS) is 42.8. The Kier molecular flexibility index (Phi) is 5.90. The van der Waals surface area contributed by atoms with Crippen molar-refractivity contribution in [2.75, 3.05) is 12.3 Å². The fourth-order valence-electron chi connectivity index (χ4n) is 2.38. The number of aliphatic hydroxyl groups is 2. The fraction of sp³-hybridized carbons (Fsp3) is 0.556.